The molecule has 6 nitrogen and oxygen atoms in total. The first-order valence-electron chi connectivity index (χ1n) is 10.2. The largest absolute Gasteiger partial charge is 0.495 e. The van der Waals surface area contributed by atoms with Gasteiger partial charge in [0.05, 0.1) is 13.7 Å². The van der Waals surface area contributed by atoms with Crippen molar-refractivity contribution in [1.29, 1.82) is 0 Å². The van der Waals surface area contributed by atoms with E-state index in [-0.39, 0.29) is 28.7 Å². The SMILES string of the molecule is COc1ccc(C(=O)N(Cc2cccs2)c2ccc(F)cc2)cc1S(=O)(=O)N1CCCC1. The molecule has 2 aromatic carbocycles. The van der Waals surface area contributed by atoms with Crippen molar-refractivity contribution in [2.24, 2.45) is 0 Å². The molecule has 0 atom stereocenters. The molecule has 32 heavy (non-hydrogen) atoms. The number of amides is 1. The molecule has 0 bridgehead atoms. The summed E-state index contributed by atoms with van der Waals surface area (Å²) in [6, 6.07) is 13.9. The van der Waals surface area contributed by atoms with E-state index in [1.807, 2.05) is 17.5 Å². The number of hydrogen-bond acceptors (Lipinski definition) is 5. The van der Waals surface area contributed by atoms with Crippen LogP contribution < -0.4 is 9.64 Å². The van der Waals surface area contributed by atoms with Gasteiger partial charge in [0.1, 0.15) is 16.5 Å². The highest BCUT2D eigenvalue weighted by Crippen LogP contribution is 2.31. The number of methoxy groups -OCH3 is 1. The summed E-state index contributed by atoms with van der Waals surface area (Å²) in [6.07, 6.45) is 1.61. The van der Waals surface area contributed by atoms with Crippen LogP contribution in [-0.4, -0.2) is 38.8 Å². The minimum absolute atomic E-state index is 0.0251. The molecule has 0 N–H and O–H groups in total. The Hall–Kier alpha value is -2.75. The van der Waals surface area contributed by atoms with Crippen molar-refractivity contribution in [3.05, 3.63) is 76.2 Å². The van der Waals surface area contributed by atoms with Gasteiger partial charge in [-0.1, -0.05) is 6.07 Å². The average Bonchev–Trinajstić information content (AvgIpc) is 3.52. The third kappa shape index (κ3) is 4.55. The Labute approximate surface area is 190 Å². The first-order chi connectivity index (χ1) is 15.4. The summed E-state index contributed by atoms with van der Waals surface area (Å²) in [5.41, 5.74) is 0.731. The first-order valence-corrected chi connectivity index (χ1v) is 12.5. The number of halogens is 1. The van der Waals surface area contributed by atoms with Gasteiger partial charge in [-0.05, 0) is 66.8 Å². The highest BCUT2D eigenvalue weighted by molar-refractivity contribution is 7.89. The van der Waals surface area contributed by atoms with Crippen LogP contribution >= 0.6 is 11.3 Å². The summed E-state index contributed by atoms with van der Waals surface area (Å²) in [7, 11) is -2.39. The number of ether oxygens (including phenoxy) is 1. The van der Waals surface area contributed by atoms with Crippen molar-refractivity contribution in [1.82, 2.24) is 4.31 Å². The van der Waals surface area contributed by atoms with Crippen LogP contribution in [0.25, 0.3) is 0 Å². The molecule has 168 valence electrons. The molecular weight excluding hydrogens is 451 g/mol. The Balaban J connectivity index is 1.74. The normalized spacial score (nSPS) is 14.4. The Morgan fingerprint density at radius 1 is 1.12 bits per heavy atom. The van der Waals surface area contributed by atoms with Crippen molar-refractivity contribution >= 4 is 33.0 Å². The number of carbonyl (C=O) groups excluding carboxylic acids is 1. The van der Waals surface area contributed by atoms with Crippen molar-refractivity contribution < 1.29 is 22.3 Å². The minimum Gasteiger partial charge on any atom is -0.495 e. The van der Waals surface area contributed by atoms with Crippen LogP contribution in [0.4, 0.5) is 10.1 Å². The predicted octanol–water partition coefficient (Wildman–Crippen LogP) is 4.53. The van der Waals surface area contributed by atoms with E-state index >= 15 is 0 Å². The van der Waals surface area contributed by atoms with Gasteiger partial charge in [0.25, 0.3) is 5.91 Å². The van der Waals surface area contributed by atoms with E-state index in [9.17, 15) is 17.6 Å². The third-order valence-corrected chi connectivity index (χ3v) is 8.15. The molecule has 2 heterocycles. The van der Waals surface area contributed by atoms with Gasteiger partial charge >= 0.3 is 0 Å². The molecule has 1 aliphatic heterocycles. The van der Waals surface area contributed by atoms with Crippen LogP contribution in [0.1, 0.15) is 28.1 Å². The summed E-state index contributed by atoms with van der Waals surface area (Å²) < 4.78 is 46.6. The zero-order chi connectivity index (χ0) is 22.7. The van der Waals surface area contributed by atoms with Gasteiger partial charge in [-0.3, -0.25) is 4.79 Å². The number of benzene rings is 2. The number of nitrogens with zero attached hydrogens (tertiary/aromatic N) is 2. The highest BCUT2D eigenvalue weighted by Gasteiger charge is 2.31. The number of sulfonamides is 1. The van der Waals surface area contributed by atoms with E-state index in [1.165, 1.54) is 64.0 Å². The Kier molecular flexibility index (Phi) is 6.59. The van der Waals surface area contributed by atoms with Gasteiger partial charge in [0.15, 0.2) is 0 Å². The van der Waals surface area contributed by atoms with E-state index in [2.05, 4.69) is 0 Å². The lowest BCUT2D eigenvalue weighted by Gasteiger charge is -2.23. The average molecular weight is 475 g/mol. The fourth-order valence-electron chi connectivity index (χ4n) is 3.69. The Morgan fingerprint density at radius 3 is 2.47 bits per heavy atom. The second-order valence-electron chi connectivity index (χ2n) is 7.42. The molecule has 1 aromatic heterocycles. The quantitative estimate of drug-likeness (QED) is 0.505. The smallest absolute Gasteiger partial charge is 0.258 e. The van der Waals surface area contributed by atoms with Gasteiger partial charge in [-0.15, -0.1) is 11.3 Å². The summed E-state index contributed by atoms with van der Waals surface area (Å²) in [6.45, 7) is 1.18. The zero-order valence-electron chi connectivity index (χ0n) is 17.5. The van der Waals surface area contributed by atoms with Crippen LogP contribution in [0.2, 0.25) is 0 Å². The van der Waals surface area contributed by atoms with Gasteiger partial charge in [-0.2, -0.15) is 4.31 Å². The fourth-order valence-corrected chi connectivity index (χ4v) is 6.09. The number of anilines is 1. The van der Waals surface area contributed by atoms with E-state index in [0.29, 0.717) is 18.8 Å². The number of rotatable bonds is 7. The zero-order valence-corrected chi connectivity index (χ0v) is 19.2. The first kappa shape index (κ1) is 22.4. The number of hydrogen-bond donors (Lipinski definition) is 0. The molecule has 3 aromatic rings. The Morgan fingerprint density at radius 2 is 1.84 bits per heavy atom. The Bertz CT molecular complexity index is 1190. The molecular formula is C23H23FN2O4S2. The van der Waals surface area contributed by atoms with Crippen molar-refractivity contribution in [2.75, 3.05) is 25.1 Å². The van der Waals surface area contributed by atoms with Crippen LogP contribution in [0.5, 0.6) is 5.75 Å². The van der Waals surface area contributed by atoms with E-state index < -0.39 is 15.8 Å². The lowest BCUT2D eigenvalue weighted by Crippen LogP contribution is -2.31. The molecule has 0 spiro atoms. The molecule has 4 rings (SSSR count). The molecule has 1 aliphatic rings. The molecule has 0 unspecified atom stereocenters. The molecule has 1 saturated heterocycles. The van der Waals surface area contributed by atoms with Gasteiger partial charge in [-0.25, -0.2) is 12.8 Å². The van der Waals surface area contributed by atoms with Crippen molar-refractivity contribution in [2.45, 2.75) is 24.3 Å². The second-order valence-corrected chi connectivity index (χ2v) is 10.4. The summed E-state index contributed by atoms with van der Waals surface area (Å²) in [5, 5.41) is 1.91. The van der Waals surface area contributed by atoms with Gasteiger partial charge in [0.2, 0.25) is 10.0 Å². The van der Waals surface area contributed by atoms with Crippen LogP contribution in [0.15, 0.2) is 64.9 Å². The number of thiophene rings is 1. The van der Waals surface area contributed by atoms with Crippen LogP contribution in [-0.2, 0) is 16.6 Å². The number of carbonyl (C=O) groups is 1. The molecule has 0 aliphatic carbocycles. The predicted molar refractivity (Wildman–Crippen MR) is 122 cm³/mol. The van der Waals surface area contributed by atoms with E-state index in [4.69, 9.17) is 4.74 Å². The maximum absolute atomic E-state index is 13.5. The lowest BCUT2D eigenvalue weighted by molar-refractivity contribution is 0.0985. The van der Waals surface area contributed by atoms with Crippen molar-refractivity contribution in [3.63, 3.8) is 0 Å². The topological polar surface area (TPSA) is 66.9 Å². The van der Waals surface area contributed by atoms with Crippen LogP contribution in [0.3, 0.4) is 0 Å². The van der Waals surface area contributed by atoms with Gasteiger partial charge < -0.3 is 9.64 Å². The second kappa shape index (κ2) is 9.40. The van der Waals surface area contributed by atoms with E-state index in [1.54, 1.807) is 6.07 Å². The maximum atomic E-state index is 13.5. The van der Waals surface area contributed by atoms with Crippen molar-refractivity contribution in [3.8, 4) is 5.75 Å². The molecule has 0 radical (unpaired) electrons. The summed E-state index contributed by atoms with van der Waals surface area (Å²) >= 11 is 1.50. The monoisotopic (exact) mass is 474 g/mol. The molecule has 9 heteroatoms. The minimum atomic E-state index is -3.79. The van der Waals surface area contributed by atoms with E-state index in [0.717, 1.165) is 17.7 Å². The fraction of sp³-hybridized carbons (Fsp3) is 0.261. The molecule has 0 saturated carbocycles. The molecule has 1 fully saturated rings. The summed E-state index contributed by atoms with van der Waals surface area (Å²) in [5.74, 6) is -0.591. The lowest BCUT2D eigenvalue weighted by atomic mass is 10.1. The summed E-state index contributed by atoms with van der Waals surface area (Å²) in [4.78, 5) is 16.0. The third-order valence-electron chi connectivity index (χ3n) is 5.37. The standard InChI is InChI=1S/C23H23FN2O4S2/c1-30-21-11-6-17(15-22(21)32(28,29)25-12-2-3-13-25)23(27)26(16-20-5-4-14-31-20)19-9-7-18(24)8-10-19/h4-11,14-15H,2-3,12-13,16H2,1H3. The highest BCUT2D eigenvalue weighted by atomic mass is 32.2. The van der Waals surface area contributed by atoms with Gasteiger partial charge in [0, 0.05) is 29.2 Å². The molecule has 1 amide bonds. The maximum Gasteiger partial charge on any atom is 0.258 e. The van der Waals surface area contributed by atoms with Crippen LogP contribution in [0, 0.1) is 5.82 Å².